The lowest BCUT2D eigenvalue weighted by atomic mass is 10.2. The van der Waals surface area contributed by atoms with Crippen molar-refractivity contribution in [2.24, 2.45) is 0 Å². The van der Waals surface area contributed by atoms with E-state index in [2.05, 4.69) is 15.3 Å². The lowest BCUT2D eigenvalue weighted by Crippen LogP contribution is -1.98. The van der Waals surface area contributed by atoms with Gasteiger partial charge in [0.25, 0.3) is 0 Å². The molecule has 1 unspecified atom stereocenters. The molecule has 0 aliphatic carbocycles. The molecule has 2 aromatic rings. The third-order valence-corrected chi connectivity index (χ3v) is 2.87. The molecule has 0 spiro atoms. The molecule has 1 N–H and O–H groups in total. The highest BCUT2D eigenvalue weighted by Gasteiger charge is 2.00. The molecule has 0 bridgehead atoms. The highest BCUT2D eigenvalue weighted by Crippen LogP contribution is 2.16. The van der Waals surface area contributed by atoms with Crippen molar-refractivity contribution in [3.63, 3.8) is 0 Å². The minimum atomic E-state index is -2.11. The summed E-state index contributed by atoms with van der Waals surface area (Å²) in [7, 11) is 0. The van der Waals surface area contributed by atoms with Crippen LogP contribution in [-0.2, 0) is 16.8 Å². The van der Waals surface area contributed by atoms with E-state index in [4.69, 9.17) is 11.6 Å². The van der Waals surface area contributed by atoms with Crippen LogP contribution in [0.15, 0.2) is 36.5 Å². The van der Waals surface area contributed by atoms with Gasteiger partial charge in [-0.05, 0) is 23.8 Å². The summed E-state index contributed by atoms with van der Waals surface area (Å²) in [6.07, 6.45) is 1.54. The number of halogens is 1. The molecule has 94 valence electrons. The quantitative estimate of drug-likeness (QED) is 0.687. The van der Waals surface area contributed by atoms with E-state index in [0.29, 0.717) is 22.4 Å². The first-order chi connectivity index (χ1) is 8.63. The number of nitrogens with zero attached hydrogens (tertiary/aromatic N) is 2. The van der Waals surface area contributed by atoms with Crippen molar-refractivity contribution >= 4 is 34.3 Å². The topological polar surface area (TPSA) is 77.9 Å². The van der Waals surface area contributed by atoms with Gasteiger partial charge in [0, 0.05) is 17.6 Å². The second-order valence-corrected chi connectivity index (χ2v) is 4.76. The van der Waals surface area contributed by atoms with Gasteiger partial charge in [0.2, 0.25) is 5.95 Å². The lowest BCUT2D eigenvalue weighted by Gasteiger charge is -2.08. The molecule has 0 aliphatic rings. The average Bonchev–Trinajstić information content (AvgIpc) is 2.28. The molecular formula is C11H9ClN3O2S-. The highest BCUT2D eigenvalue weighted by atomic mass is 35.5. The summed E-state index contributed by atoms with van der Waals surface area (Å²) in [6.45, 7) is 0. The molecule has 0 radical (unpaired) electrons. The number of hydrogen-bond donors (Lipinski definition) is 1. The van der Waals surface area contributed by atoms with Gasteiger partial charge in [0.05, 0.1) is 0 Å². The largest absolute Gasteiger partial charge is 0.772 e. The highest BCUT2D eigenvalue weighted by molar-refractivity contribution is 7.78. The Kier molecular flexibility index (Phi) is 4.24. The zero-order valence-corrected chi connectivity index (χ0v) is 10.7. The minimum Gasteiger partial charge on any atom is -0.772 e. The van der Waals surface area contributed by atoms with E-state index in [1.54, 1.807) is 30.3 Å². The Bertz CT molecular complexity index is 580. The maximum absolute atomic E-state index is 10.6. The number of rotatable bonds is 4. The number of aromatic nitrogens is 2. The first kappa shape index (κ1) is 12.9. The van der Waals surface area contributed by atoms with Gasteiger partial charge < -0.3 is 9.87 Å². The second-order valence-electron chi connectivity index (χ2n) is 3.48. The maximum Gasteiger partial charge on any atom is 0.228 e. The third-order valence-electron chi connectivity index (χ3n) is 2.09. The van der Waals surface area contributed by atoms with Crippen LogP contribution in [0.2, 0.25) is 5.15 Å². The van der Waals surface area contributed by atoms with Gasteiger partial charge in [0.15, 0.2) is 0 Å². The van der Waals surface area contributed by atoms with Crippen LogP contribution in [0.4, 0.5) is 11.6 Å². The first-order valence-corrected chi connectivity index (χ1v) is 6.66. The summed E-state index contributed by atoms with van der Waals surface area (Å²) in [5, 5.41) is 3.29. The molecule has 1 aromatic heterocycles. The van der Waals surface area contributed by atoms with Crippen molar-refractivity contribution in [1.29, 1.82) is 0 Å². The molecule has 0 aliphatic heterocycles. The van der Waals surface area contributed by atoms with E-state index < -0.39 is 11.1 Å². The molecular weight excluding hydrogens is 274 g/mol. The van der Waals surface area contributed by atoms with Gasteiger partial charge in [-0.1, -0.05) is 34.8 Å². The van der Waals surface area contributed by atoms with Crippen molar-refractivity contribution in [2.45, 2.75) is 5.75 Å². The average molecular weight is 283 g/mol. The van der Waals surface area contributed by atoms with Crippen LogP contribution < -0.4 is 5.32 Å². The normalized spacial score (nSPS) is 12.1. The van der Waals surface area contributed by atoms with E-state index in [1.165, 1.54) is 6.20 Å². The van der Waals surface area contributed by atoms with Crippen LogP contribution >= 0.6 is 11.6 Å². The van der Waals surface area contributed by atoms with E-state index >= 15 is 0 Å². The second kappa shape index (κ2) is 5.90. The minimum absolute atomic E-state index is 0.0219. The van der Waals surface area contributed by atoms with Crippen LogP contribution in [0.5, 0.6) is 0 Å². The summed E-state index contributed by atoms with van der Waals surface area (Å²) in [4.78, 5) is 7.98. The van der Waals surface area contributed by atoms with Crippen molar-refractivity contribution in [2.75, 3.05) is 5.32 Å². The fourth-order valence-corrected chi connectivity index (χ4v) is 1.99. The lowest BCUT2D eigenvalue weighted by molar-refractivity contribution is 0.536. The van der Waals surface area contributed by atoms with E-state index in [9.17, 15) is 8.76 Å². The fourth-order valence-electron chi connectivity index (χ4n) is 1.40. The first-order valence-electron chi connectivity index (χ1n) is 5.04. The number of benzene rings is 1. The van der Waals surface area contributed by atoms with Gasteiger partial charge in [-0.25, -0.2) is 9.97 Å². The standard InChI is InChI=1S/C11H10ClN3O2S/c12-10-4-5-13-11(15-10)14-9-3-1-2-8(6-9)7-18(16)17/h1-6H,7H2,(H,16,17)(H,13,14,15)/p-1. The molecule has 0 saturated heterocycles. The molecule has 7 heteroatoms. The molecule has 2 rings (SSSR count). The molecule has 0 fully saturated rings. The molecule has 1 heterocycles. The van der Waals surface area contributed by atoms with E-state index in [-0.39, 0.29) is 5.75 Å². The van der Waals surface area contributed by atoms with Gasteiger partial charge in [0.1, 0.15) is 5.15 Å². The Balaban J connectivity index is 2.16. The van der Waals surface area contributed by atoms with Crippen molar-refractivity contribution in [3.8, 4) is 0 Å². The van der Waals surface area contributed by atoms with Crippen molar-refractivity contribution < 1.29 is 8.76 Å². The van der Waals surface area contributed by atoms with Crippen LogP contribution in [0, 0.1) is 0 Å². The Morgan fingerprint density at radius 3 is 2.94 bits per heavy atom. The zero-order chi connectivity index (χ0) is 13.0. The number of hydrogen-bond acceptors (Lipinski definition) is 5. The zero-order valence-electron chi connectivity index (χ0n) is 9.17. The number of anilines is 2. The summed E-state index contributed by atoms with van der Waals surface area (Å²) in [5.74, 6) is 0.342. The van der Waals surface area contributed by atoms with Gasteiger partial charge in [-0.2, -0.15) is 0 Å². The SMILES string of the molecule is O=S([O-])Cc1cccc(Nc2nccc(Cl)n2)c1. The summed E-state index contributed by atoms with van der Waals surface area (Å²) in [5.41, 5.74) is 1.40. The number of nitrogens with one attached hydrogen (secondary N) is 1. The van der Waals surface area contributed by atoms with E-state index in [0.717, 1.165) is 0 Å². The molecule has 5 nitrogen and oxygen atoms in total. The van der Waals surface area contributed by atoms with Gasteiger partial charge >= 0.3 is 0 Å². The van der Waals surface area contributed by atoms with Gasteiger partial charge in [-0.15, -0.1) is 0 Å². The third kappa shape index (κ3) is 3.76. The molecule has 1 aromatic carbocycles. The van der Waals surface area contributed by atoms with Crippen LogP contribution in [0.3, 0.4) is 0 Å². The Morgan fingerprint density at radius 1 is 1.39 bits per heavy atom. The predicted octanol–water partition coefficient (Wildman–Crippen LogP) is 2.25. The molecule has 1 atom stereocenters. The van der Waals surface area contributed by atoms with Crippen LogP contribution in [0.1, 0.15) is 5.56 Å². The summed E-state index contributed by atoms with van der Waals surface area (Å²) in [6, 6.07) is 8.58. The van der Waals surface area contributed by atoms with Gasteiger partial charge in [-0.3, -0.25) is 4.21 Å². The fraction of sp³-hybridized carbons (Fsp3) is 0.0909. The Morgan fingerprint density at radius 2 is 2.22 bits per heavy atom. The summed E-state index contributed by atoms with van der Waals surface area (Å²) < 4.78 is 21.2. The van der Waals surface area contributed by atoms with Crippen molar-refractivity contribution in [1.82, 2.24) is 9.97 Å². The molecule has 0 saturated carbocycles. The predicted molar refractivity (Wildman–Crippen MR) is 69.4 cm³/mol. The monoisotopic (exact) mass is 282 g/mol. The smallest absolute Gasteiger partial charge is 0.228 e. The Hall–Kier alpha value is -1.50. The Labute approximate surface area is 112 Å². The molecule has 18 heavy (non-hydrogen) atoms. The molecule has 0 amide bonds. The maximum atomic E-state index is 10.6. The van der Waals surface area contributed by atoms with Crippen LogP contribution in [0.25, 0.3) is 0 Å². The van der Waals surface area contributed by atoms with E-state index in [1.807, 2.05) is 0 Å². The summed E-state index contributed by atoms with van der Waals surface area (Å²) >= 11 is 3.63. The van der Waals surface area contributed by atoms with Crippen molar-refractivity contribution in [3.05, 3.63) is 47.2 Å². The van der Waals surface area contributed by atoms with Crippen LogP contribution in [-0.4, -0.2) is 18.7 Å².